The van der Waals surface area contributed by atoms with Crippen molar-refractivity contribution in [2.75, 3.05) is 11.9 Å². The van der Waals surface area contributed by atoms with Gasteiger partial charge < -0.3 is 21.6 Å². The van der Waals surface area contributed by atoms with Crippen molar-refractivity contribution in [2.24, 2.45) is 11.5 Å². The van der Waals surface area contributed by atoms with E-state index in [-0.39, 0.29) is 18.0 Å². The number of aliphatic hydroxyl groups excluding tert-OH is 1. The average Bonchev–Trinajstić information content (AvgIpc) is 2.75. The van der Waals surface area contributed by atoms with E-state index in [0.29, 0.717) is 10.9 Å². The summed E-state index contributed by atoms with van der Waals surface area (Å²) in [6, 6.07) is 4.80. The normalized spacial score (nSPS) is 10.7. The molecular weight excluding hydrogens is 272 g/mol. The number of nitrogens with two attached hydrogens (primary N) is 2. The van der Waals surface area contributed by atoms with Crippen LogP contribution in [0.25, 0.3) is 10.9 Å². The Balaban J connectivity index is 2.39. The number of primary amides is 2. The van der Waals surface area contributed by atoms with Gasteiger partial charge in [-0.3, -0.25) is 10.1 Å². The maximum atomic E-state index is 11.6. The van der Waals surface area contributed by atoms with Crippen LogP contribution in [0, 0.1) is 0 Å². The van der Waals surface area contributed by atoms with E-state index < -0.39 is 11.9 Å². The number of benzene rings is 1. The first-order chi connectivity index (χ1) is 10.0. The number of hydrogen-bond acceptors (Lipinski definition) is 3. The van der Waals surface area contributed by atoms with Crippen LogP contribution in [0.4, 0.5) is 10.6 Å². The van der Waals surface area contributed by atoms with Crippen LogP contribution in [0.1, 0.15) is 28.8 Å². The van der Waals surface area contributed by atoms with Crippen molar-refractivity contribution in [3.05, 3.63) is 29.3 Å². The van der Waals surface area contributed by atoms with Gasteiger partial charge in [-0.1, -0.05) is 12.1 Å². The standard InChI is InChI=1S/C14H18N4O3/c15-12(20)11-9-5-4-8(3-1-2-6-19)7-10(9)17-13(11)18-14(16)21/h4-5,7,17,19H,1-3,6H2,(H2,15,20)(H3,16,18,21). The van der Waals surface area contributed by atoms with Gasteiger partial charge in [0, 0.05) is 17.5 Å². The number of hydrogen-bond donors (Lipinski definition) is 5. The molecule has 1 heterocycles. The monoisotopic (exact) mass is 290 g/mol. The van der Waals surface area contributed by atoms with Gasteiger partial charge in [-0.2, -0.15) is 0 Å². The molecule has 7 N–H and O–H groups in total. The lowest BCUT2D eigenvalue weighted by atomic mass is 10.0. The lowest BCUT2D eigenvalue weighted by Gasteiger charge is -2.01. The number of carbonyl (C=O) groups excluding carboxylic acids is 2. The number of amides is 3. The molecule has 0 radical (unpaired) electrons. The molecule has 7 nitrogen and oxygen atoms in total. The Labute approximate surface area is 121 Å². The minimum Gasteiger partial charge on any atom is -0.396 e. The number of aromatic nitrogens is 1. The van der Waals surface area contributed by atoms with Crippen LogP contribution >= 0.6 is 0 Å². The van der Waals surface area contributed by atoms with Crippen molar-refractivity contribution in [1.29, 1.82) is 0 Å². The van der Waals surface area contributed by atoms with E-state index in [1.807, 2.05) is 12.1 Å². The summed E-state index contributed by atoms with van der Waals surface area (Å²) in [6.07, 6.45) is 2.43. The Bertz CT molecular complexity index is 678. The number of aliphatic hydroxyl groups is 1. The molecule has 0 fully saturated rings. The third-order valence-electron chi connectivity index (χ3n) is 3.23. The maximum absolute atomic E-state index is 11.6. The molecule has 0 saturated heterocycles. The molecule has 3 amide bonds. The first-order valence-corrected chi connectivity index (χ1v) is 6.64. The maximum Gasteiger partial charge on any atom is 0.317 e. The number of aromatic amines is 1. The fourth-order valence-electron chi connectivity index (χ4n) is 2.31. The molecule has 0 aliphatic carbocycles. The Morgan fingerprint density at radius 1 is 1.24 bits per heavy atom. The van der Waals surface area contributed by atoms with Crippen LogP contribution in [-0.2, 0) is 6.42 Å². The van der Waals surface area contributed by atoms with E-state index in [9.17, 15) is 9.59 Å². The minimum atomic E-state index is -0.771. The summed E-state index contributed by atoms with van der Waals surface area (Å²) in [5, 5.41) is 11.8. The number of nitrogens with one attached hydrogen (secondary N) is 2. The Morgan fingerprint density at radius 3 is 2.62 bits per heavy atom. The summed E-state index contributed by atoms with van der Waals surface area (Å²) in [7, 11) is 0. The topological polar surface area (TPSA) is 134 Å². The molecule has 0 bridgehead atoms. The summed E-state index contributed by atoms with van der Waals surface area (Å²) in [5.74, 6) is -0.435. The summed E-state index contributed by atoms with van der Waals surface area (Å²) < 4.78 is 0. The smallest absolute Gasteiger partial charge is 0.317 e. The lowest BCUT2D eigenvalue weighted by Crippen LogP contribution is -2.22. The number of fused-ring (bicyclic) bond motifs is 1. The highest BCUT2D eigenvalue weighted by Crippen LogP contribution is 2.27. The van der Waals surface area contributed by atoms with Crippen LogP contribution in [0.5, 0.6) is 0 Å². The number of carbonyl (C=O) groups is 2. The fourth-order valence-corrected chi connectivity index (χ4v) is 2.31. The summed E-state index contributed by atoms with van der Waals surface area (Å²) in [4.78, 5) is 25.5. The number of H-pyrrole nitrogens is 1. The van der Waals surface area contributed by atoms with E-state index in [1.54, 1.807) is 6.07 Å². The minimum absolute atomic E-state index is 0.170. The molecule has 0 atom stereocenters. The molecule has 0 aliphatic rings. The number of rotatable bonds is 6. The second-order valence-electron chi connectivity index (χ2n) is 4.79. The lowest BCUT2D eigenvalue weighted by molar-refractivity contribution is 0.100. The van der Waals surface area contributed by atoms with Gasteiger partial charge in [0.15, 0.2) is 0 Å². The van der Waals surface area contributed by atoms with Crippen LogP contribution in [-0.4, -0.2) is 28.6 Å². The predicted octanol–water partition coefficient (Wildman–Crippen LogP) is 1.07. The summed E-state index contributed by atoms with van der Waals surface area (Å²) >= 11 is 0. The molecule has 0 aliphatic heterocycles. The fraction of sp³-hybridized carbons (Fsp3) is 0.286. The van der Waals surface area contributed by atoms with Gasteiger partial charge in [-0.05, 0) is 30.9 Å². The molecule has 0 unspecified atom stereocenters. The molecule has 0 saturated carbocycles. The van der Waals surface area contributed by atoms with Crippen molar-refractivity contribution in [3.8, 4) is 0 Å². The van der Waals surface area contributed by atoms with Gasteiger partial charge in [0.25, 0.3) is 5.91 Å². The summed E-state index contributed by atoms with van der Waals surface area (Å²) in [6.45, 7) is 0.170. The first-order valence-electron chi connectivity index (χ1n) is 6.64. The van der Waals surface area contributed by atoms with E-state index in [1.165, 1.54) is 0 Å². The summed E-state index contributed by atoms with van der Waals surface area (Å²) in [5.41, 5.74) is 12.4. The molecule has 1 aromatic heterocycles. The van der Waals surface area contributed by atoms with Crippen molar-refractivity contribution in [2.45, 2.75) is 19.3 Å². The Morgan fingerprint density at radius 2 is 2.00 bits per heavy atom. The van der Waals surface area contributed by atoms with E-state index in [2.05, 4.69) is 10.3 Å². The molecule has 0 spiro atoms. The number of aryl methyl sites for hydroxylation is 1. The predicted molar refractivity (Wildman–Crippen MR) is 80.0 cm³/mol. The molecule has 2 rings (SSSR count). The van der Waals surface area contributed by atoms with E-state index in [0.717, 1.165) is 24.8 Å². The Hall–Kier alpha value is -2.54. The van der Waals surface area contributed by atoms with Crippen molar-refractivity contribution in [3.63, 3.8) is 0 Å². The molecule has 7 heteroatoms. The number of anilines is 1. The second-order valence-corrected chi connectivity index (χ2v) is 4.79. The quantitative estimate of drug-likeness (QED) is 0.509. The van der Waals surface area contributed by atoms with Gasteiger partial charge in [0.2, 0.25) is 0 Å². The van der Waals surface area contributed by atoms with Crippen LogP contribution in [0.3, 0.4) is 0 Å². The van der Waals surface area contributed by atoms with Crippen molar-refractivity contribution >= 4 is 28.7 Å². The zero-order valence-corrected chi connectivity index (χ0v) is 11.5. The van der Waals surface area contributed by atoms with Gasteiger partial charge in [0.1, 0.15) is 5.82 Å². The number of urea groups is 1. The molecule has 21 heavy (non-hydrogen) atoms. The van der Waals surface area contributed by atoms with Crippen molar-refractivity contribution in [1.82, 2.24) is 4.98 Å². The molecule has 2 aromatic rings. The van der Waals surface area contributed by atoms with Crippen LogP contribution in [0.15, 0.2) is 18.2 Å². The molecular formula is C14H18N4O3. The van der Waals surface area contributed by atoms with E-state index >= 15 is 0 Å². The third kappa shape index (κ3) is 3.32. The van der Waals surface area contributed by atoms with Gasteiger partial charge in [0.05, 0.1) is 5.56 Å². The molecule has 112 valence electrons. The Kier molecular flexibility index (Phi) is 4.44. The zero-order valence-electron chi connectivity index (χ0n) is 11.5. The van der Waals surface area contributed by atoms with Gasteiger partial charge in [-0.15, -0.1) is 0 Å². The van der Waals surface area contributed by atoms with Gasteiger partial charge >= 0.3 is 6.03 Å². The van der Waals surface area contributed by atoms with Crippen molar-refractivity contribution < 1.29 is 14.7 Å². The third-order valence-corrected chi connectivity index (χ3v) is 3.23. The SMILES string of the molecule is NC(=O)Nc1[nH]c2cc(CCCCO)ccc2c1C(N)=O. The highest BCUT2D eigenvalue weighted by molar-refractivity contribution is 6.12. The van der Waals surface area contributed by atoms with Gasteiger partial charge in [-0.25, -0.2) is 4.79 Å². The molecule has 1 aromatic carbocycles. The largest absolute Gasteiger partial charge is 0.396 e. The number of unbranched alkanes of at least 4 members (excludes halogenated alkanes) is 1. The highest BCUT2D eigenvalue weighted by atomic mass is 16.3. The van der Waals surface area contributed by atoms with E-state index in [4.69, 9.17) is 16.6 Å². The van der Waals surface area contributed by atoms with Crippen LogP contribution < -0.4 is 16.8 Å². The average molecular weight is 290 g/mol. The van der Waals surface area contributed by atoms with Crippen LogP contribution in [0.2, 0.25) is 0 Å². The highest BCUT2D eigenvalue weighted by Gasteiger charge is 2.17. The second kappa shape index (κ2) is 6.27. The zero-order chi connectivity index (χ0) is 15.4. The first kappa shape index (κ1) is 14.9.